The standard InChI is InChI=1S/C14H22BrClN2/c1-3-12-14(16)13(18(4-2)17-12)9-10-7-5-6-8-11(10)15/h10-11H,3-9H2,1-2H3. The van der Waals surface area contributed by atoms with E-state index < -0.39 is 0 Å². The van der Waals surface area contributed by atoms with Crippen molar-refractivity contribution in [2.45, 2.75) is 63.7 Å². The van der Waals surface area contributed by atoms with E-state index in [0.717, 1.165) is 30.1 Å². The molecule has 0 aromatic carbocycles. The Morgan fingerprint density at radius 2 is 2.06 bits per heavy atom. The largest absolute Gasteiger partial charge is 0.268 e. The van der Waals surface area contributed by atoms with Crippen LogP contribution in [0.1, 0.15) is 50.9 Å². The zero-order chi connectivity index (χ0) is 13.1. The summed E-state index contributed by atoms with van der Waals surface area (Å²) in [6, 6.07) is 0. The van der Waals surface area contributed by atoms with Crippen LogP contribution in [0, 0.1) is 5.92 Å². The van der Waals surface area contributed by atoms with E-state index >= 15 is 0 Å². The van der Waals surface area contributed by atoms with Crippen LogP contribution in [0.25, 0.3) is 0 Å². The fraction of sp³-hybridized carbons (Fsp3) is 0.786. The van der Waals surface area contributed by atoms with Crippen LogP contribution in [0.3, 0.4) is 0 Å². The average molecular weight is 334 g/mol. The summed E-state index contributed by atoms with van der Waals surface area (Å²) in [5.41, 5.74) is 2.29. The Balaban J connectivity index is 2.19. The van der Waals surface area contributed by atoms with Gasteiger partial charge in [-0.2, -0.15) is 5.10 Å². The first-order chi connectivity index (χ1) is 8.67. The molecular formula is C14H22BrClN2. The molecular weight excluding hydrogens is 312 g/mol. The van der Waals surface area contributed by atoms with Crippen molar-refractivity contribution in [3.05, 3.63) is 16.4 Å². The summed E-state index contributed by atoms with van der Waals surface area (Å²) in [6.07, 6.45) is 7.29. The van der Waals surface area contributed by atoms with E-state index in [-0.39, 0.29) is 0 Å². The van der Waals surface area contributed by atoms with Gasteiger partial charge in [-0.05, 0) is 38.5 Å². The lowest BCUT2D eigenvalue weighted by Gasteiger charge is -2.27. The third kappa shape index (κ3) is 2.93. The number of hydrogen-bond acceptors (Lipinski definition) is 1. The second-order valence-electron chi connectivity index (χ2n) is 5.14. The Bertz CT molecular complexity index is 403. The van der Waals surface area contributed by atoms with Crippen molar-refractivity contribution in [1.29, 1.82) is 0 Å². The molecule has 0 aliphatic heterocycles. The smallest absolute Gasteiger partial charge is 0.0849 e. The fourth-order valence-corrected chi connectivity index (χ4v) is 3.97. The van der Waals surface area contributed by atoms with Gasteiger partial charge in [0.15, 0.2) is 0 Å². The number of nitrogens with zero attached hydrogens (tertiary/aromatic N) is 2. The molecule has 1 aromatic rings. The average Bonchev–Trinajstić information content (AvgIpc) is 2.69. The molecule has 1 aliphatic carbocycles. The highest BCUT2D eigenvalue weighted by molar-refractivity contribution is 9.09. The lowest BCUT2D eigenvalue weighted by molar-refractivity contribution is 0.365. The zero-order valence-corrected chi connectivity index (χ0v) is 13.6. The van der Waals surface area contributed by atoms with E-state index in [1.807, 2.05) is 0 Å². The molecule has 1 fully saturated rings. The number of aryl methyl sites for hydroxylation is 2. The Morgan fingerprint density at radius 1 is 1.33 bits per heavy atom. The first-order valence-corrected chi connectivity index (χ1v) is 8.34. The van der Waals surface area contributed by atoms with Gasteiger partial charge in [0.25, 0.3) is 0 Å². The van der Waals surface area contributed by atoms with E-state index in [9.17, 15) is 0 Å². The maximum atomic E-state index is 6.48. The molecule has 0 saturated heterocycles. The highest BCUT2D eigenvalue weighted by atomic mass is 79.9. The summed E-state index contributed by atoms with van der Waals surface area (Å²) >= 11 is 10.3. The second kappa shape index (κ2) is 6.42. The molecule has 0 spiro atoms. The molecule has 2 atom stereocenters. The van der Waals surface area contributed by atoms with E-state index in [1.54, 1.807) is 0 Å². The molecule has 0 radical (unpaired) electrons. The molecule has 102 valence electrons. The molecule has 1 aromatic heterocycles. The minimum absolute atomic E-state index is 0.646. The molecule has 18 heavy (non-hydrogen) atoms. The molecule has 2 rings (SSSR count). The third-order valence-electron chi connectivity index (χ3n) is 3.97. The number of alkyl halides is 1. The van der Waals surface area contributed by atoms with Gasteiger partial charge in [0.2, 0.25) is 0 Å². The number of rotatable bonds is 4. The Morgan fingerprint density at radius 3 is 2.67 bits per heavy atom. The molecule has 1 aliphatic rings. The van der Waals surface area contributed by atoms with Crippen molar-refractivity contribution in [2.24, 2.45) is 5.92 Å². The Kier molecular flexibility index (Phi) is 5.14. The van der Waals surface area contributed by atoms with Gasteiger partial charge >= 0.3 is 0 Å². The van der Waals surface area contributed by atoms with Gasteiger partial charge < -0.3 is 0 Å². The summed E-state index contributed by atoms with van der Waals surface area (Å²) in [5, 5.41) is 5.51. The van der Waals surface area contributed by atoms with E-state index in [4.69, 9.17) is 11.6 Å². The van der Waals surface area contributed by atoms with Gasteiger partial charge in [0, 0.05) is 11.4 Å². The molecule has 2 nitrogen and oxygen atoms in total. The summed E-state index contributed by atoms with van der Waals surface area (Å²) in [7, 11) is 0. The lowest BCUT2D eigenvalue weighted by Crippen LogP contribution is -2.22. The van der Waals surface area contributed by atoms with Crippen LogP contribution in [0.2, 0.25) is 5.02 Å². The predicted molar refractivity (Wildman–Crippen MR) is 80.7 cm³/mol. The molecule has 1 heterocycles. The predicted octanol–water partition coefficient (Wildman–Crippen LogP) is 4.62. The van der Waals surface area contributed by atoms with Gasteiger partial charge in [-0.15, -0.1) is 0 Å². The van der Waals surface area contributed by atoms with Crippen molar-refractivity contribution >= 4 is 27.5 Å². The van der Waals surface area contributed by atoms with Gasteiger partial charge in [0.05, 0.1) is 16.4 Å². The maximum Gasteiger partial charge on any atom is 0.0849 e. The van der Waals surface area contributed by atoms with E-state index in [2.05, 4.69) is 39.6 Å². The zero-order valence-electron chi connectivity index (χ0n) is 11.3. The van der Waals surface area contributed by atoms with Gasteiger partial charge in [-0.25, -0.2) is 0 Å². The molecule has 0 amide bonds. The quantitative estimate of drug-likeness (QED) is 0.735. The number of hydrogen-bond donors (Lipinski definition) is 0. The van der Waals surface area contributed by atoms with Crippen LogP contribution >= 0.6 is 27.5 Å². The molecule has 0 bridgehead atoms. The Labute approximate surface area is 123 Å². The van der Waals surface area contributed by atoms with Crippen LogP contribution in [0.5, 0.6) is 0 Å². The van der Waals surface area contributed by atoms with Crippen molar-refractivity contribution in [2.75, 3.05) is 0 Å². The van der Waals surface area contributed by atoms with Crippen LogP contribution < -0.4 is 0 Å². The van der Waals surface area contributed by atoms with Crippen LogP contribution in [-0.4, -0.2) is 14.6 Å². The summed E-state index contributed by atoms with van der Waals surface area (Å²) in [4.78, 5) is 0.646. The molecule has 2 unspecified atom stereocenters. The first kappa shape index (κ1) is 14.4. The molecule has 1 saturated carbocycles. The second-order valence-corrected chi connectivity index (χ2v) is 6.70. The van der Waals surface area contributed by atoms with E-state index in [0.29, 0.717) is 10.7 Å². The summed E-state index contributed by atoms with van der Waals surface area (Å²) in [5.74, 6) is 0.711. The minimum atomic E-state index is 0.646. The van der Waals surface area contributed by atoms with Crippen molar-refractivity contribution in [3.8, 4) is 0 Å². The first-order valence-electron chi connectivity index (χ1n) is 7.05. The van der Waals surface area contributed by atoms with E-state index in [1.165, 1.54) is 31.4 Å². The topological polar surface area (TPSA) is 17.8 Å². The van der Waals surface area contributed by atoms with Crippen molar-refractivity contribution in [1.82, 2.24) is 9.78 Å². The highest BCUT2D eigenvalue weighted by Gasteiger charge is 2.26. The van der Waals surface area contributed by atoms with Crippen molar-refractivity contribution < 1.29 is 0 Å². The lowest BCUT2D eigenvalue weighted by atomic mass is 9.86. The molecule has 4 heteroatoms. The number of aromatic nitrogens is 2. The minimum Gasteiger partial charge on any atom is -0.268 e. The maximum absolute atomic E-state index is 6.48. The van der Waals surface area contributed by atoms with Gasteiger partial charge in [-0.1, -0.05) is 47.3 Å². The Hall–Kier alpha value is -0.0200. The van der Waals surface area contributed by atoms with Gasteiger partial charge in [-0.3, -0.25) is 4.68 Å². The van der Waals surface area contributed by atoms with Crippen LogP contribution in [0.15, 0.2) is 0 Å². The molecule has 0 N–H and O–H groups in total. The highest BCUT2D eigenvalue weighted by Crippen LogP contribution is 2.34. The third-order valence-corrected chi connectivity index (χ3v) is 5.61. The summed E-state index contributed by atoms with van der Waals surface area (Å²) < 4.78 is 2.09. The van der Waals surface area contributed by atoms with Crippen LogP contribution in [-0.2, 0) is 19.4 Å². The van der Waals surface area contributed by atoms with Gasteiger partial charge in [0.1, 0.15) is 0 Å². The SMILES string of the molecule is CCc1nn(CC)c(CC2CCCCC2Br)c1Cl. The monoisotopic (exact) mass is 332 g/mol. The summed E-state index contributed by atoms with van der Waals surface area (Å²) in [6.45, 7) is 5.17. The fourth-order valence-electron chi connectivity index (χ4n) is 2.85. The van der Waals surface area contributed by atoms with Crippen LogP contribution in [0.4, 0.5) is 0 Å². The van der Waals surface area contributed by atoms with Crippen molar-refractivity contribution in [3.63, 3.8) is 0 Å². The number of halogens is 2. The normalized spacial score (nSPS) is 24.4.